The van der Waals surface area contributed by atoms with Crippen LogP contribution in [0.2, 0.25) is 0 Å². The van der Waals surface area contributed by atoms with Crippen molar-refractivity contribution in [2.45, 2.75) is 22.6 Å². The topological polar surface area (TPSA) is 109 Å². The van der Waals surface area contributed by atoms with Gasteiger partial charge in [0.25, 0.3) is 20.2 Å². The van der Waals surface area contributed by atoms with Crippen molar-refractivity contribution in [3.05, 3.63) is 58.7 Å². The van der Waals surface area contributed by atoms with Gasteiger partial charge in [-0.1, -0.05) is 12.1 Å². The van der Waals surface area contributed by atoms with Gasteiger partial charge in [0, 0.05) is 0 Å². The van der Waals surface area contributed by atoms with Crippen LogP contribution in [0.1, 0.15) is 22.3 Å². The Morgan fingerprint density at radius 1 is 0.636 bits per heavy atom. The predicted molar refractivity (Wildman–Crippen MR) is 78.1 cm³/mol. The van der Waals surface area contributed by atoms with E-state index in [0.29, 0.717) is 12.8 Å². The van der Waals surface area contributed by atoms with Crippen molar-refractivity contribution in [3.63, 3.8) is 0 Å². The Balaban J connectivity index is 2.06. The molecule has 22 heavy (non-hydrogen) atoms. The van der Waals surface area contributed by atoms with Crippen LogP contribution < -0.4 is 0 Å². The van der Waals surface area contributed by atoms with Crippen LogP contribution in [0.4, 0.5) is 0 Å². The Bertz CT molecular complexity index is 893. The molecule has 8 heteroatoms. The Hall–Kier alpha value is -1.74. The number of hydrogen-bond donors (Lipinski definition) is 2. The van der Waals surface area contributed by atoms with Crippen molar-refractivity contribution in [2.24, 2.45) is 0 Å². The molecule has 0 amide bonds. The van der Waals surface area contributed by atoms with E-state index in [1.165, 1.54) is 24.3 Å². The summed E-state index contributed by atoms with van der Waals surface area (Å²) in [7, 11) is -8.50. The van der Waals surface area contributed by atoms with Crippen molar-refractivity contribution in [1.29, 1.82) is 0 Å². The molecule has 2 aromatic carbocycles. The SMILES string of the molecule is O=S(=O)(O)c1ccc2c(c1)Cc1ccc(S(=O)(=O)O)cc1C2. The number of fused-ring (bicyclic) bond motifs is 2. The summed E-state index contributed by atoms with van der Waals surface area (Å²) < 4.78 is 62.9. The normalized spacial score (nSPS) is 14.3. The van der Waals surface area contributed by atoms with Gasteiger partial charge in [-0.05, 0) is 59.4 Å². The van der Waals surface area contributed by atoms with Crippen LogP contribution in [-0.2, 0) is 33.1 Å². The minimum absolute atomic E-state index is 0.163. The highest BCUT2D eigenvalue weighted by molar-refractivity contribution is 7.86. The third-order valence-electron chi connectivity index (χ3n) is 3.71. The van der Waals surface area contributed by atoms with Crippen LogP contribution in [0.25, 0.3) is 0 Å². The highest BCUT2D eigenvalue weighted by Gasteiger charge is 2.20. The highest BCUT2D eigenvalue weighted by atomic mass is 32.2. The number of benzene rings is 2. The van der Waals surface area contributed by atoms with E-state index >= 15 is 0 Å². The average Bonchev–Trinajstić information content (AvgIpc) is 2.41. The van der Waals surface area contributed by atoms with Crippen molar-refractivity contribution in [3.8, 4) is 0 Å². The van der Waals surface area contributed by atoms with Crippen molar-refractivity contribution in [2.75, 3.05) is 0 Å². The maximum Gasteiger partial charge on any atom is 0.294 e. The Morgan fingerprint density at radius 3 is 1.32 bits per heavy atom. The predicted octanol–water partition coefficient (Wildman–Crippen LogP) is 1.68. The fourth-order valence-corrected chi connectivity index (χ4v) is 3.67. The van der Waals surface area contributed by atoms with Crippen LogP contribution in [-0.4, -0.2) is 25.9 Å². The molecule has 116 valence electrons. The quantitative estimate of drug-likeness (QED) is 0.687. The maximum absolute atomic E-state index is 11.2. The van der Waals surface area contributed by atoms with Gasteiger partial charge in [-0.2, -0.15) is 16.8 Å². The van der Waals surface area contributed by atoms with E-state index in [1.54, 1.807) is 12.1 Å². The lowest BCUT2D eigenvalue weighted by Crippen LogP contribution is -2.10. The molecule has 6 nitrogen and oxygen atoms in total. The molecule has 0 saturated heterocycles. The lowest BCUT2D eigenvalue weighted by atomic mass is 9.86. The lowest BCUT2D eigenvalue weighted by Gasteiger charge is -2.20. The molecule has 0 atom stereocenters. The zero-order valence-electron chi connectivity index (χ0n) is 11.2. The second-order valence-electron chi connectivity index (χ2n) is 5.16. The Labute approximate surface area is 127 Å². The van der Waals surface area contributed by atoms with Gasteiger partial charge in [0.1, 0.15) is 0 Å². The van der Waals surface area contributed by atoms with E-state index < -0.39 is 20.2 Å². The third-order valence-corrected chi connectivity index (χ3v) is 5.41. The minimum Gasteiger partial charge on any atom is -0.282 e. The summed E-state index contributed by atoms with van der Waals surface area (Å²) in [6.45, 7) is 0. The van der Waals surface area contributed by atoms with Gasteiger partial charge < -0.3 is 0 Å². The van der Waals surface area contributed by atoms with Crippen molar-refractivity contribution < 1.29 is 25.9 Å². The molecule has 0 heterocycles. The number of rotatable bonds is 2. The molecular formula is C14H12O6S2. The van der Waals surface area contributed by atoms with Gasteiger partial charge in [-0.3, -0.25) is 9.11 Å². The molecule has 0 aromatic heterocycles. The molecule has 0 unspecified atom stereocenters. The fraction of sp³-hybridized carbons (Fsp3) is 0.143. The minimum atomic E-state index is -4.25. The largest absolute Gasteiger partial charge is 0.294 e. The van der Waals surface area contributed by atoms with Crippen LogP contribution in [0.5, 0.6) is 0 Å². The molecule has 0 saturated carbocycles. The van der Waals surface area contributed by atoms with Gasteiger partial charge in [0.15, 0.2) is 0 Å². The van der Waals surface area contributed by atoms with Gasteiger partial charge in [0.05, 0.1) is 9.79 Å². The van der Waals surface area contributed by atoms with E-state index in [4.69, 9.17) is 9.11 Å². The first-order valence-electron chi connectivity index (χ1n) is 6.33. The summed E-state index contributed by atoms with van der Waals surface area (Å²) in [5, 5.41) is 0. The standard InChI is InChI=1S/C14H12O6S2/c15-21(16,17)13-3-1-9-5-12-8-14(22(18,19)20)4-2-10(12)6-11(9)7-13/h1-4,7-8H,5-6H2,(H,15,16,17)(H,18,19,20). The van der Waals surface area contributed by atoms with E-state index in [0.717, 1.165) is 22.3 Å². The molecule has 3 rings (SSSR count). The second-order valence-corrected chi connectivity index (χ2v) is 8.01. The van der Waals surface area contributed by atoms with Gasteiger partial charge >= 0.3 is 0 Å². The first-order valence-corrected chi connectivity index (χ1v) is 9.21. The highest BCUT2D eigenvalue weighted by Crippen LogP contribution is 2.30. The summed E-state index contributed by atoms with van der Waals surface area (Å²) in [6.07, 6.45) is 0.861. The number of hydrogen-bond acceptors (Lipinski definition) is 4. The molecule has 1 aliphatic carbocycles. The van der Waals surface area contributed by atoms with Gasteiger partial charge in [-0.15, -0.1) is 0 Å². The van der Waals surface area contributed by atoms with Crippen LogP contribution >= 0.6 is 0 Å². The monoisotopic (exact) mass is 340 g/mol. The summed E-state index contributed by atoms with van der Waals surface area (Å²) in [6, 6.07) is 8.66. The molecule has 2 aromatic rings. The van der Waals surface area contributed by atoms with Crippen molar-refractivity contribution in [1.82, 2.24) is 0 Å². The zero-order chi connectivity index (χ0) is 16.1. The van der Waals surface area contributed by atoms with E-state index in [2.05, 4.69) is 0 Å². The first-order chi connectivity index (χ1) is 10.1. The van der Waals surface area contributed by atoms with Crippen LogP contribution in [0.15, 0.2) is 46.2 Å². The van der Waals surface area contributed by atoms with E-state index in [9.17, 15) is 16.8 Å². The summed E-state index contributed by atoms with van der Waals surface area (Å²) in [5.74, 6) is 0. The van der Waals surface area contributed by atoms with Gasteiger partial charge in [-0.25, -0.2) is 0 Å². The zero-order valence-corrected chi connectivity index (χ0v) is 12.9. The molecule has 0 bridgehead atoms. The first kappa shape index (κ1) is 15.2. The van der Waals surface area contributed by atoms with Gasteiger partial charge in [0.2, 0.25) is 0 Å². The average molecular weight is 340 g/mol. The fourth-order valence-electron chi connectivity index (χ4n) is 2.61. The molecule has 2 N–H and O–H groups in total. The molecule has 1 aliphatic rings. The summed E-state index contributed by atoms with van der Waals surface area (Å²) in [4.78, 5) is -0.325. The molecular weight excluding hydrogens is 328 g/mol. The van der Waals surface area contributed by atoms with Crippen molar-refractivity contribution >= 4 is 20.2 Å². The van der Waals surface area contributed by atoms with Crippen LogP contribution in [0, 0.1) is 0 Å². The third kappa shape index (κ3) is 2.78. The second kappa shape index (κ2) is 4.88. The molecule has 0 radical (unpaired) electrons. The Kier molecular flexibility index (Phi) is 3.37. The van der Waals surface area contributed by atoms with Crippen LogP contribution in [0.3, 0.4) is 0 Å². The molecule has 0 fully saturated rings. The summed E-state index contributed by atoms with van der Waals surface area (Å²) in [5.41, 5.74) is 3.24. The van der Waals surface area contributed by atoms with E-state index in [-0.39, 0.29) is 9.79 Å². The summed E-state index contributed by atoms with van der Waals surface area (Å²) >= 11 is 0. The smallest absolute Gasteiger partial charge is 0.282 e. The Morgan fingerprint density at radius 2 is 1.00 bits per heavy atom. The lowest BCUT2D eigenvalue weighted by molar-refractivity contribution is 0.480. The molecule has 0 aliphatic heterocycles. The molecule has 0 spiro atoms. The van der Waals surface area contributed by atoms with E-state index in [1.807, 2.05) is 0 Å². The maximum atomic E-state index is 11.2.